The van der Waals surface area contributed by atoms with Gasteiger partial charge in [-0.2, -0.15) is 0 Å². The molecule has 0 heterocycles. The van der Waals surface area contributed by atoms with E-state index in [0.29, 0.717) is 12.6 Å². The predicted octanol–water partition coefficient (Wildman–Crippen LogP) is 1.99. The first kappa shape index (κ1) is 10.8. The van der Waals surface area contributed by atoms with Gasteiger partial charge in [0.2, 0.25) is 0 Å². The molecular formula is C11H15BrN2O. The van der Waals surface area contributed by atoms with Crippen LogP contribution >= 0.6 is 15.9 Å². The van der Waals surface area contributed by atoms with Gasteiger partial charge in [-0.15, -0.1) is 0 Å². The van der Waals surface area contributed by atoms with E-state index in [2.05, 4.69) is 20.8 Å². The van der Waals surface area contributed by atoms with E-state index in [0.717, 1.165) is 15.8 Å². The average Bonchev–Trinajstić information content (AvgIpc) is 2.98. The molecule has 1 aromatic carbocycles. The topological polar surface area (TPSA) is 49.5 Å². The van der Waals surface area contributed by atoms with Crippen LogP contribution in [0, 0.1) is 0 Å². The highest BCUT2D eigenvalue weighted by molar-refractivity contribution is 9.10. The van der Waals surface area contributed by atoms with Crippen LogP contribution in [0.15, 0.2) is 22.7 Å². The normalized spacial score (nSPS) is 15.3. The molecular weight excluding hydrogens is 256 g/mol. The summed E-state index contributed by atoms with van der Waals surface area (Å²) in [6.45, 7) is 0.836. The Labute approximate surface area is 98.0 Å². The molecule has 3 N–H and O–H groups in total. The maximum Gasteiger partial charge on any atom is 0.0606 e. The summed E-state index contributed by atoms with van der Waals surface area (Å²) < 4.78 is 0.989. The Morgan fingerprint density at radius 2 is 2.20 bits per heavy atom. The average molecular weight is 271 g/mol. The van der Waals surface area contributed by atoms with E-state index in [1.165, 1.54) is 12.8 Å². The summed E-state index contributed by atoms with van der Waals surface area (Å²) in [6.07, 6.45) is 2.41. The number of nitrogens with two attached hydrogens (primary N) is 1. The molecule has 1 fully saturated rings. The third-order valence-corrected chi connectivity index (χ3v) is 3.12. The Morgan fingerprint density at radius 1 is 1.47 bits per heavy atom. The smallest absolute Gasteiger partial charge is 0.0606 e. The predicted molar refractivity (Wildman–Crippen MR) is 66.0 cm³/mol. The van der Waals surface area contributed by atoms with Crippen LogP contribution in [0.1, 0.15) is 12.8 Å². The number of hydrogen-bond acceptors (Lipinski definition) is 3. The van der Waals surface area contributed by atoms with Crippen molar-refractivity contribution in [3.63, 3.8) is 0 Å². The summed E-state index contributed by atoms with van der Waals surface area (Å²) in [4.78, 5) is 2.20. The van der Waals surface area contributed by atoms with E-state index in [1.807, 2.05) is 18.2 Å². The van der Waals surface area contributed by atoms with E-state index in [-0.39, 0.29) is 6.61 Å². The van der Waals surface area contributed by atoms with Crippen LogP contribution < -0.4 is 10.6 Å². The molecule has 0 unspecified atom stereocenters. The molecule has 0 amide bonds. The van der Waals surface area contributed by atoms with Crippen molar-refractivity contribution in [3.8, 4) is 0 Å². The van der Waals surface area contributed by atoms with Crippen LogP contribution in [-0.2, 0) is 0 Å². The Hall–Kier alpha value is -0.740. The monoisotopic (exact) mass is 270 g/mol. The van der Waals surface area contributed by atoms with Crippen LogP contribution in [0.2, 0.25) is 0 Å². The molecule has 4 heteroatoms. The quantitative estimate of drug-likeness (QED) is 0.823. The largest absolute Gasteiger partial charge is 0.397 e. The molecule has 0 radical (unpaired) electrons. The third-order valence-electron chi connectivity index (χ3n) is 2.63. The Morgan fingerprint density at radius 3 is 2.73 bits per heavy atom. The minimum atomic E-state index is 0.173. The van der Waals surface area contributed by atoms with E-state index >= 15 is 0 Å². The lowest BCUT2D eigenvalue weighted by Crippen LogP contribution is -2.29. The first-order valence-corrected chi connectivity index (χ1v) is 5.94. The molecule has 0 aromatic heterocycles. The second kappa shape index (κ2) is 4.41. The second-order valence-electron chi connectivity index (χ2n) is 3.85. The second-order valence-corrected chi connectivity index (χ2v) is 4.77. The number of anilines is 2. The van der Waals surface area contributed by atoms with Gasteiger partial charge >= 0.3 is 0 Å². The lowest BCUT2D eigenvalue weighted by Gasteiger charge is -2.25. The summed E-state index contributed by atoms with van der Waals surface area (Å²) in [7, 11) is 0. The van der Waals surface area contributed by atoms with E-state index < -0.39 is 0 Å². The van der Waals surface area contributed by atoms with Crippen molar-refractivity contribution >= 4 is 27.3 Å². The van der Waals surface area contributed by atoms with Crippen molar-refractivity contribution < 1.29 is 5.11 Å². The minimum Gasteiger partial charge on any atom is -0.397 e. The van der Waals surface area contributed by atoms with Gasteiger partial charge in [0.25, 0.3) is 0 Å². The zero-order valence-electron chi connectivity index (χ0n) is 8.49. The number of benzene rings is 1. The number of halogens is 1. The van der Waals surface area contributed by atoms with Gasteiger partial charge in [0.1, 0.15) is 0 Å². The number of nitrogens with zero attached hydrogens (tertiary/aromatic N) is 1. The van der Waals surface area contributed by atoms with Gasteiger partial charge in [-0.3, -0.25) is 0 Å². The minimum absolute atomic E-state index is 0.173. The lowest BCUT2D eigenvalue weighted by atomic mass is 10.2. The number of rotatable bonds is 4. The highest BCUT2D eigenvalue weighted by atomic mass is 79.9. The summed E-state index contributed by atoms with van der Waals surface area (Å²) in [5.74, 6) is 0. The summed E-state index contributed by atoms with van der Waals surface area (Å²) in [5, 5.41) is 9.03. The van der Waals surface area contributed by atoms with Crippen molar-refractivity contribution in [2.45, 2.75) is 18.9 Å². The third kappa shape index (κ3) is 2.44. The van der Waals surface area contributed by atoms with Crippen LogP contribution in [0.5, 0.6) is 0 Å². The number of hydrogen-bond donors (Lipinski definition) is 2. The Balaban J connectivity index is 2.24. The summed E-state index contributed by atoms with van der Waals surface area (Å²) in [6, 6.07) is 6.47. The molecule has 1 saturated carbocycles. The van der Waals surface area contributed by atoms with Gasteiger partial charge in [0.05, 0.1) is 18.0 Å². The molecule has 82 valence electrons. The van der Waals surface area contributed by atoms with E-state index in [4.69, 9.17) is 10.8 Å². The summed E-state index contributed by atoms with van der Waals surface area (Å²) >= 11 is 3.39. The van der Waals surface area contributed by atoms with Crippen molar-refractivity contribution in [1.82, 2.24) is 0 Å². The zero-order chi connectivity index (χ0) is 10.8. The fourth-order valence-electron chi connectivity index (χ4n) is 1.78. The molecule has 2 rings (SSSR count). The fourth-order valence-corrected chi connectivity index (χ4v) is 2.16. The maximum absolute atomic E-state index is 9.03. The molecule has 15 heavy (non-hydrogen) atoms. The molecule has 0 aliphatic heterocycles. The first-order valence-electron chi connectivity index (χ1n) is 5.15. The molecule has 0 atom stereocenters. The van der Waals surface area contributed by atoms with Gasteiger partial charge in [-0.1, -0.05) is 15.9 Å². The first-order chi connectivity index (χ1) is 7.22. The number of nitrogen functional groups attached to an aromatic ring is 1. The van der Waals surface area contributed by atoms with Crippen LogP contribution in [0.25, 0.3) is 0 Å². The van der Waals surface area contributed by atoms with Crippen LogP contribution in [0.3, 0.4) is 0 Å². The van der Waals surface area contributed by atoms with Crippen molar-refractivity contribution in [1.29, 1.82) is 0 Å². The molecule has 1 aliphatic rings. The molecule has 3 nitrogen and oxygen atoms in total. The highest BCUT2D eigenvalue weighted by Crippen LogP contribution is 2.35. The zero-order valence-corrected chi connectivity index (χ0v) is 10.1. The van der Waals surface area contributed by atoms with Crippen molar-refractivity contribution in [2.24, 2.45) is 0 Å². The number of aliphatic hydroxyl groups excluding tert-OH is 1. The van der Waals surface area contributed by atoms with E-state index in [1.54, 1.807) is 0 Å². The molecule has 0 saturated heterocycles. The van der Waals surface area contributed by atoms with Gasteiger partial charge < -0.3 is 15.7 Å². The van der Waals surface area contributed by atoms with E-state index in [9.17, 15) is 0 Å². The Bertz CT molecular complexity index is 352. The maximum atomic E-state index is 9.03. The van der Waals surface area contributed by atoms with Crippen molar-refractivity contribution in [2.75, 3.05) is 23.8 Å². The summed E-state index contributed by atoms with van der Waals surface area (Å²) in [5.41, 5.74) is 7.77. The highest BCUT2D eigenvalue weighted by Gasteiger charge is 2.29. The van der Waals surface area contributed by atoms with Gasteiger partial charge in [-0.25, -0.2) is 0 Å². The fraction of sp³-hybridized carbons (Fsp3) is 0.455. The number of aliphatic hydroxyl groups is 1. The standard InChI is InChI=1S/C11H15BrN2O/c12-8-1-4-11(10(13)7-8)14(5-6-15)9-2-3-9/h1,4,7,9,15H,2-3,5-6,13H2. The molecule has 0 spiro atoms. The molecule has 1 aliphatic carbocycles. The van der Waals surface area contributed by atoms with Crippen LogP contribution in [-0.4, -0.2) is 24.3 Å². The van der Waals surface area contributed by atoms with Gasteiger partial charge in [-0.05, 0) is 31.0 Å². The van der Waals surface area contributed by atoms with Gasteiger partial charge in [0, 0.05) is 17.1 Å². The Kier molecular flexibility index (Phi) is 3.17. The SMILES string of the molecule is Nc1cc(Br)ccc1N(CCO)C1CC1. The van der Waals surface area contributed by atoms with Crippen LogP contribution in [0.4, 0.5) is 11.4 Å². The molecule has 1 aromatic rings. The molecule has 0 bridgehead atoms. The van der Waals surface area contributed by atoms with Gasteiger partial charge in [0.15, 0.2) is 0 Å². The lowest BCUT2D eigenvalue weighted by molar-refractivity contribution is 0.301. The van der Waals surface area contributed by atoms with Crippen molar-refractivity contribution in [3.05, 3.63) is 22.7 Å².